The molecule has 2 N–H and O–H groups in total. The van der Waals surface area contributed by atoms with Crippen molar-refractivity contribution in [3.63, 3.8) is 0 Å². The number of nitrogens with one attached hydrogen (secondary N) is 2. The molecule has 0 fully saturated rings. The van der Waals surface area contributed by atoms with Gasteiger partial charge in [-0.3, -0.25) is 4.99 Å². The van der Waals surface area contributed by atoms with Crippen LogP contribution in [0.3, 0.4) is 0 Å². The van der Waals surface area contributed by atoms with Gasteiger partial charge in [-0.15, -0.1) is 0 Å². The molecule has 0 saturated carbocycles. The Morgan fingerprint density at radius 1 is 1.17 bits per heavy atom. The Labute approximate surface area is 180 Å². The minimum Gasteiger partial charge on any atom is -0.493 e. The zero-order valence-electron chi connectivity index (χ0n) is 19.0. The minimum absolute atomic E-state index is 0.0424. The van der Waals surface area contributed by atoms with Gasteiger partial charge in [0, 0.05) is 19.1 Å². The van der Waals surface area contributed by atoms with Gasteiger partial charge in [-0.1, -0.05) is 19.9 Å². The Balaban J connectivity index is 2.59. The van der Waals surface area contributed by atoms with Gasteiger partial charge >= 0.3 is 6.61 Å². The summed E-state index contributed by atoms with van der Waals surface area (Å²) in [6.45, 7) is 10.2. The van der Waals surface area contributed by atoms with E-state index < -0.39 is 6.61 Å². The number of aliphatic imine (C=N–C) groups is 1. The molecule has 1 atom stereocenters. The van der Waals surface area contributed by atoms with Crippen molar-refractivity contribution < 1.29 is 18.3 Å². The Kier molecular flexibility index (Phi) is 12.8. The lowest BCUT2D eigenvalue weighted by Crippen LogP contribution is -2.42. The van der Waals surface area contributed by atoms with E-state index >= 15 is 0 Å². The molecule has 0 heterocycles. The van der Waals surface area contributed by atoms with Gasteiger partial charge < -0.3 is 25.0 Å². The molecule has 172 valence electrons. The minimum atomic E-state index is -2.89. The van der Waals surface area contributed by atoms with E-state index in [4.69, 9.17) is 4.74 Å². The number of benzene rings is 1. The summed E-state index contributed by atoms with van der Waals surface area (Å²) in [6.07, 6.45) is 2.80. The average Bonchev–Trinajstić information content (AvgIpc) is 2.71. The van der Waals surface area contributed by atoms with Crippen LogP contribution in [-0.4, -0.2) is 63.3 Å². The van der Waals surface area contributed by atoms with E-state index in [0.29, 0.717) is 19.0 Å². The van der Waals surface area contributed by atoms with Gasteiger partial charge in [0.25, 0.3) is 0 Å². The maximum absolute atomic E-state index is 12.6. The molecule has 0 aromatic heterocycles. The lowest BCUT2D eigenvalue weighted by Gasteiger charge is -2.21. The Bertz CT molecular complexity index is 625. The number of halogens is 2. The van der Waals surface area contributed by atoms with Gasteiger partial charge in [0.15, 0.2) is 17.5 Å². The highest BCUT2D eigenvalue weighted by molar-refractivity contribution is 5.80. The third kappa shape index (κ3) is 10.1. The van der Waals surface area contributed by atoms with Crippen LogP contribution in [-0.2, 0) is 6.42 Å². The van der Waals surface area contributed by atoms with E-state index in [9.17, 15) is 8.78 Å². The van der Waals surface area contributed by atoms with Gasteiger partial charge in [0.1, 0.15) is 0 Å². The smallest absolute Gasteiger partial charge is 0.387 e. The fourth-order valence-electron chi connectivity index (χ4n) is 3.15. The van der Waals surface area contributed by atoms with Crippen LogP contribution < -0.4 is 20.1 Å². The summed E-state index contributed by atoms with van der Waals surface area (Å²) in [5.41, 5.74) is 0.860. The van der Waals surface area contributed by atoms with Gasteiger partial charge in [0.2, 0.25) is 0 Å². The predicted molar refractivity (Wildman–Crippen MR) is 119 cm³/mol. The van der Waals surface area contributed by atoms with E-state index in [-0.39, 0.29) is 11.5 Å². The molecule has 0 amide bonds. The topological polar surface area (TPSA) is 58.1 Å². The molecule has 1 unspecified atom stereocenters. The van der Waals surface area contributed by atoms with Crippen molar-refractivity contribution >= 4 is 5.96 Å². The summed E-state index contributed by atoms with van der Waals surface area (Å²) in [5, 5.41) is 6.71. The van der Waals surface area contributed by atoms with Crippen molar-refractivity contribution in [2.75, 3.05) is 39.8 Å². The molecule has 30 heavy (non-hydrogen) atoms. The third-order valence-corrected chi connectivity index (χ3v) is 4.85. The lowest BCUT2D eigenvalue weighted by molar-refractivity contribution is -0.0512. The van der Waals surface area contributed by atoms with Crippen LogP contribution in [0.2, 0.25) is 0 Å². The first-order chi connectivity index (χ1) is 14.4. The summed E-state index contributed by atoms with van der Waals surface area (Å²) in [6, 6.07) is 5.36. The fraction of sp³-hybridized carbons (Fsp3) is 0.682. The molecule has 6 nitrogen and oxygen atoms in total. The summed E-state index contributed by atoms with van der Waals surface area (Å²) >= 11 is 0. The highest BCUT2D eigenvalue weighted by Gasteiger charge is 2.11. The van der Waals surface area contributed by atoms with Crippen molar-refractivity contribution in [3.8, 4) is 11.5 Å². The quantitative estimate of drug-likeness (QED) is 0.348. The maximum Gasteiger partial charge on any atom is 0.387 e. The number of hydrogen-bond acceptors (Lipinski definition) is 4. The maximum atomic E-state index is 12.6. The van der Waals surface area contributed by atoms with Crippen LogP contribution in [0.5, 0.6) is 11.5 Å². The number of ether oxygens (including phenoxy) is 2. The second kappa shape index (κ2) is 14.8. The second-order valence-corrected chi connectivity index (χ2v) is 7.09. The van der Waals surface area contributed by atoms with E-state index in [1.807, 2.05) is 13.0 Å². The molecule has 1 aromatic rings. The van der Waals surface area contributed by atoms with Gasteiger partial charge in [0.05, 0.1) is 7.11 Å². The molecule has 0 aliphatic heterocycles. The molecule has 0 bridgehead atoms. The van der Waals surface area contributed by atoms with Gasteiger partial charge in [-0.25, -0.2) is 0 Å². The largest absolute Gasteiger partial charge is 0.493 e. The zero-order chi connectivity index (χ0) is 22.4. The molecule has 0 radical (unpaired) electrons. The molecule has 0 aliphatic rings. The van der Waals surface area contributed by atoms with Crippen LogP contribution in [0.4, 0.5) is 8.78 Å². The summed E-state index contributed by atoms with van der Waals surface area (Å²) in [5.74, 6) is 1.10. The SMILES string of the molecule is CCNC(=NCCc1ccc(OC)c(OC(F)F)c1)NC(C)CCCN(CC)CC. The lowest BCUT2D eigenvalue weighted by atomic mass is 10.1. The van der Waals surface area contributed by atoms with Crippen LogP contribution >= 0.6 is 0 Å². The fourth-order valence-corrected chi connectivity index (χ4v) is 3.15. The molecular formula is C22H38F2N4O2. The van der Waals surface area contributed by atoms with Crippen LogP contribution in [0.25, 0.3) is 0 Å². The summed E-state index contributed by atoms with van der Waals surface area (Å²) in [7, 11) is 1.43. The highest BCUT2D eigenvalue weighted by Crippen LogP contribution is 2.29. The molecule has 0 aliphatic carbocycles. The first kappa shape index (κ1) is 25.9. The average molecular weight is 429 g/mol. The predicted octanol–water partition coefficient (Wildman–Crippen LogP) is 3.90. The van der Waals surface area contributed by atoms with E-state index in [1.165, 1.54) is 7.11 Å². The molecule has 1 aromatic carbocycles. The first-order valence-corrected chi connectivity index (χ1v) is 10.8. The Morgan fingerprint density at radius 3 is 2.50 bits per heavy atom. The number of rotatable bonds is 14. The number of hydrogen-bond donors (Lipinski definition) is 2. The van der Waals surface area contributed by atoms with Crippen molar-refractivity contribution in [2.24, 2.45) is 4.99 Å². The van der Waals surface area contributed by atoms with Crippen molar-refractivity contribution in [3.05, 3.63) is 23.8 Å². The third-order valence-electron chi connectivity index (χ3n) is 4.85. The molecular weight excluding hydrogens is 390 g/mol. The normalized spacial score (nSPS) is 12.9. The van der Waals surface area contributed by atoms with E-state index in [1.54, 1.807) is 12.1 Å². The molecule has 0 saturated heterocycles. The monoisotopic (exact) mass is 428 g/mol. The standard InChI is InChI=1S/C22H38F2N4O2/c1-6-25-22(27-17(4)10-9-15-28(7-2)8-3)26-14-13-18-11-12-19(29-5)20(16-18)30-21(23)24/h11-12,16-17,21H,6-10,13-15H2,1-5H3,(H2,25,26,27). The Morgan fingerprint density at radius 2 is 1.90 bits per heavy atom. The van der Waals surface area contributed by atoms with Crippen LogP contribution in [0.15, 0.2) is 23.2 Å². The number of methoxy groups -OCH3 is 1. The van der Waals surface area contributed by atoms with Gasteiger partial charge in [-0.05, 0) is 70.4 Å². The molecule has 8 heteroatoms. The summed E-state index contributed by atoms with van der Waals surface area (Å²) < 4.78 is 34.8. The molecule has 1 rings (SSSR count). The zero-order valence-corrected chi connectivity index (χ0v) is 19.0. The van der Waals surface area contributed by atoms with Gasteiger partial charge in [-0.2, -0.15) is 8.78 Å². The number of guanidine groups is 1. The van der Waals surface area contributed by atoms with Crippen LogP contribution in [0, 0.1) is 0 Å². The van der Waals surface area contributed by atoms with Crippen molar-refractivity contribution in [1.29, 1.82) is 0 Å². The number of nitrogens with zero attached hydrogens (tertiary/aromatic N) is 2. The molecule has 0 spiro atoms. The van der Waals surface area contributed by atoms with E-state index in [2.05, 4.69) is 46.0 Å². The second-order valence-electron chi connectivity index (χ2n) is 7.09. The van der Waals surface area contributed by atoms with Crippen molar-refractivity contribution in [1.82, 2.24) is 15.5 Å². The van der Waals surface area contributed by atoms with E-state index in [0.717, 1.165) is 50.5 Å². The summed E-state index contributed by atoms with van der Waals surface area (Å²) in [4.78, 5) is 7.04. The Hall–Kier alpha value is -2.09. The van der Waals surface area contributed by atoms with Crippen molar-refractivity contribution in [2.45, 2.75) is 59.6 Å². The first-order valence-electron chi connectivity index (χ1n) is 10.8. The highest BCUT2D eigenvalue weighted by atomic mass is 19.3. The number of alkyl halides is 2. The van der Waals surface area contributed by atoms with Crippen LogP contribution in [0.1, 0.15) is 46.1 Å².